The second-order valence-corrected chi connectivity index (χ2v) is 8.06. The monoisotopic (exact) mass is 293 g/mol. The zero-order valence-electron chi connectivity index (χ0n) is 11.6. The molecule has 108 valence electrons. The van der Waals surface area contributed by atoms with E-state index in [0.717, 1.165) is 19.4 Å². The van der Waals surface area contributed by atoms with Gasteiger partial charge in [0.05, 0.1) is 11.5 Å². The fourth-order valence-corrected chi connectivity index (χ4v) is 4.92. The minimum absolute atomic E-state index is 0.0119. The van der Waals surface area contributed by atoms with Crippen LogP contribution < -0.4 is 4.90 Å². The number of ketones is 1. The molecule has 1 saturated heterocycles. The molecule has 1 fully saturated rings. The highest BCUT2D eigenvalue weighted by Crippen LogP contribution is 2.29. The number of anilines is 1. The van der Waals surface area contributed by atoms with Crippen LogP contribution >= 0.6 is 0 Å². The van der Waals surface area contributed by atoms with Crippen molar-refractivity contribution in [2.45, 2.75) is 19.3 Å². The van der Waals surface area contributed by atoms with Gasteiger partial charge in [-0.3, -0.25) is 4.79 Å². The first kappa shape index (κ1) is 13.6. The van der Waals surface area contributed by atoms with Gasteiger partial charge in [-0.1, -0.05) is 0 Å². The van der Waals surface area contributed by atoms with Crippen molar-refractivity contribution in [2.75, 3.05) is 30.0 Å². The third-order valence-corrected chi connectivity index (χ3v) is 6.09. The standard InChI is InChI=1S/C15H19NO3S/c1-16-7-2-3-11-9-12(4-5-14(11)16)15(17)13-6-8-20(18,19)10-13/h4-5,9,13H,2-3,6-8,10H2,1H3. The Bertz CT molecular complexity index is 651. The van der Waals surface area contributed by atoms with Crippen LogP contribution in [0.2, 0.25) is 0 Å². The average Bonchev–Trinajstić information content (AvgIpc) is 2.78. The van der Waals surface area contributed by atoms with Crippen molar-refractivity contribution >= 4 is 21.3 Å². The van der Waals surface area contributed by atoms with Crippen LogP contribution in [0.4, 0.5) is 5.69 Å². The lowest BCUT2D eigenvalue weighted by atomic mass is 9.93. The van der Waals surface area contributed by atoms with Gasteiger partial charge in [-0.25, -0.2) is 8.42 Å². The molecule has 0 aliphatic carbocycles. The van der Waals surface area contributed by atoms with E-state index in [4.69, 9.17) is 0 Å². The third kappa shape index (κ3) is 2.46. The second kappa shape index (κ2) is 4.88. The van der Waals surface area contributed by atoms with E-state index in [2.05, 4.69) is 11.9 Å². The Morgan fingerprint density at radius 1 is 1.35 bits per heavy atom. The van der Waals surface area contributed by atoms with E-state index in [1.54, 1.807) is 0 Å². The Morgan fingerprint density at radius 3 is 2.85 bits per heavy atom. The number of rotatable bonds is 2. The molecule has 1 atom stereocenters. The van der Waals surface area contributed by atoms with Crippen molar-refractivity contribution in [3.05, 3.63) is 29.3 Å². The summed E-state index contributed by atoms with van der Waals surface area (Å²) in [7, 11) is -0.945. The molecule has 0 N–H and O–H groups in total. The number of benzene rings is 1. The Labute approximate surface area is 119 Å². The maximum absolute atomic E-state index is 12.4. The largest absolute Gasteiger partial charge is 0.374 e. The number of fused-ring (bicyclic) bond motifs is 1. The maximum atomic E-state index is 12.4. The van der Waals surface area contributed by atoms with Crippen LogP contribution in [0.25, 0.3) is 0 Å². The van der Waals surface area contributed by atoms with Gasteiger partial charge in [-0.2, -0.15) is 0 Å². The van der Waals surface area contributed by atoms with E-state index >= 15 is 0 Å². The van der Waals surface area contributed by atoms with E-state index in [0.29, 0.717) is 12.0 Å². The molecule has 1 unspecified atom stereocenters. The van der Waals surface area contributed by atoms with Gasteiger partial charge in [0.1, 0.15) is 0 Å². The number of carbonyl (C=O) groups excluding carboxylic acids is 1. The van der Waals surface area contributed by atoms with Crippen LogP contribution in [0.15, 0.2) is 18.2 Å². The van der Waals surface area contributed by atoms with E-state index in [1.807, 2.05) is 18.2 Å². The first-order valence-electron chi connectivity index (χ1n) is 7.05. The number of Topliss-reactive ketones (excluding diaryl/α,β-unsaturated/α-hetero) is 1. The molecule has 2 heterocycles. The summed E-state index contributed by atoms with van der Waals surface area (Å²) in [6, 6.07) is 5.79. The van der Waals surface area contributed by atoms with Crippen molar-refractivity contribution in [3.8, 4) is 0 Å². The highest BCUT2D eigenvalue weighted by molar-refractivity contribution is 7.91. The van der Waals surface area contributed by atoms with Gasteiger partial charge in [-0.05, 0) is 43.0 Å². The van der Waals surface area contributed by atoms with Gasteiger partial charge < -0.3 is 4.90 Å². The number of aryl methyl sites for hydroxylation is 1. The summed E-state index contributed by atoms with van der Waals surface area (Å²) in [6.45, 7) is 1.04. The lowest BCUT2D eigenvalue weighted by Crippen LogP contribution is -2.25. The molecule has 20 heavy (non-hydrogen) atoms. The molecule has 0 spiro atoms. The third-order valence-electron chi connectivity index (χ3n) is 4.32. The van der Waals surface area contributed by atoms with Crippen LogP contribution in [-0.2, 0) is 16.3 Å². The van der Waals surface area contributed by atoms with Gasteiger partial charge in [0.15, 0.2) is 15.6 Å². The number of hydrogen-bond donors (Lipinski definition) is 0. The van der Waals surface area contributed by atoms with Crippen molar-refractivity contribution < 1.29 is 13.2 Å². The molecule has 3 rings (SSSR count). The SMILES string of the molecule is CN1CCCc2cc(C(=O)C3CCS(=O)(=O)C3)ccc21. The van der Waals surface area contributed by atoms with Crippen LogP contribution in [-0.4, -0.2) is 39.3 Å². The highest BCUT2D eigenvalue weighted by atomic mass is 32.2. The van der Waals surface area contributed by atoms with Crippen LogP contribution in [0.3, 0.4) is 0 Å². The Hall–Kier alpha value is -1.36. The fourth-order valence-electron chi connectivity index (χ4n) is 3.18. The van der Waals surface area contributed by atoms with Gasteiger partial charge in [0.25, 0.3) is 0 Å². The Kier molecular flexibility index (Phi) is 3.32. The minimum Gasteiger partial charge on any atom is -0.374 e. The molecule has 2 aliphatic heterocycles. The van der Waals surface area contributed by atoms with E-state index in [1.165, 1.54) is 11.3 Å². The molecule has 1 aromatic carbocycles. The number of hydrogen-bond acceptors (Lipinski definition) is 4. The summed E-state index contributed by atoms with van der Waals surface area (Å²) in [4.78, 5) is 14.6. The summed E-state index contributed by atoms with van der Waals surface area (Å²) >= 11 is 0. The summed E-state index contributed by atoms with van der Waals surface area (Å²) in [5.41, 5.74) is 3.05. The number of nitrogens with zero attached hydrogens (tertiary/aromatic N) is 1. The molecule has 0 amide bonds. The Balaban J connectivity index is 1.86. The summed E-state index contributed by atoms with van der Waals surface area (Å²) < 4.78 is 23.0. The first-order valence-corrected chi connectivity index (χ1v) is 8.87. The molecular formula is C15H19NO3S. The van der Waals surface area contributed by atoms with Crippen molar-refractivity contribution in [1.29, 1.82) is 0 Å². The number of carbonyl (C=O) groups is 1. The summed E-state index contributed by atoms with van der Waals surface area (Å²) in [5.74, 6) is -0.193. The normalized spacial score (nSPS) is 24.4. The molecule has 5 heteroatoms. The zero-order valence-corrected chi connectivity index (χ0v) is 12.4. The molecular weight excluding hydrogens is 274 g/mol. The van der Waals surface area contributed by atoms with Crippen LogP contribution in [0, 0.1) is 5.92 Å². The molecule has 0 aromatic heterocycles. The smallest absolute Gasteiger partial charge is 0.167 e. The molecule has 0 radical (unpaired) electrons. The van der Waals surface area contributed by atoms with Gasteiger partial charge >= 0.3 is 0 Å². The van der Waals surface area contributed by atoms with Crippen molar-refractivity contribution in [1.82, 2.24) is 0 Å². The molecule has 1 aromatic rings. The van der Waals surface area contributed by atoms with Gasteiger partial charge in [0, 0.05) is 30.8 Å². The second-order valence-electron chi connectivity index (χ2n) is 5.83. The fraction of sp³-hybridized carbons (Fsp3) is 0.533. The Morgan fingerprint density at radius 2 is 2.15 bits per heavy atom. The van der Waals surface area contributed by atoms with Crippen molar-refractivity contribution in [2.24, 2.45) is 5.92 Å². The lowest BCUT2D eigenvalue weighted by molar-refractivity contribution is 0.0933. The van der Waals surface area contributed by atoms with E-state index in [-0.39, 0.29) is 23.2 Å². The summed E-state index contributed by atoms with van der Waals surface area (Å²) in [5, 5.41) is 0. The van der Waals surface area contributed by atoms with Crippen LogP contribution in [0.5, 0.6) is 0 Å². The zero-order chi connectivity index (χ0) is 14.3. The van der Waals surface area contributed by atoms with Gasteiger partial charge in [0.2, 0.25) is 0 Å². The first-order chi connectivity index (χ1) is 9.46. The van der Waals surface area contributed by atoms with Gasteiger partial charge in [-0.15, -0.1) is 0 Å². The predicted molar refractivity (Wildman–Crippen MR) is 79.1 cm³/mol. The average molecular weight is 293 g/mol. The van der Waals surface area contributed by atoms with Crippen molar-refractivity contribution in [3.63, 3.8) is 0 Å². The summed E-state index contributed by atoms with van der Waals surface area (Å²) in [6.07, 6.45) is 2.56. The maximum Gasteiger partial charge on any atom is 0.167 e. The molecule has 0 saturated carbocycles. The lowest BCUT2D eigenvalue weighted by Gasteiger charge is -2.27. The molecule has 4 nitrogen and oxygen atoms in total. The topological polar surface area (TPSA) is 54.5 Å². The predicted octanol–water partition coefficient (Wildman–Crippen LogP) is 1.69. The van der Waals surface area contributed by atoms with E-state index < -0.39 is 9.84 Å². The molecule has 2 aliphatic rings. The van der Waals surface area contributed by atoms with E-state index in [9.17, 15) is 13.2 Å². The minimum atomic E-state index is -3.00. The quantitative estimate of drug-likeness (QED) is 0.779. The molecule has 0 bridgehead atoms. The highest BCUT2D eigenvalue weighted by Gasteiger charge is 2.33. The van der Waals surface area contributed by atoms with Crippen LogP contribution in [0.1, 0.15) is 28.8 Å². The number of sulfone groups is 1.